The van der Waals surface area contributed by atoms with Crippen molar-refractivity contribution >= 4 is 40.2 Å². The number of carbonyl (C=O) groups excluding carboxylic acids is 1. The van der Waals surface area contributed by atoms with Gasteiger partial charge in [-0.05, 0) is 45.2 Å². The second kappa shape index (κ2) is 7.22. The number of pyridine rings is 1. The Balaban J connectivity index is 1.56. The molecular weight excluding hydrogens is 387 g/mol. The molecule has 1 fully saturated rings. The lowest BCUT2D eigenvalue weighted by atomic mass is 9.92. The van der Waals surface area contributed by atoms with Gasteiger partial charge in [0.15, 0.2) is 11.5 Å². The van der Waals surface area contributed by atoms with E-state index in [9.17, 15) is 9.18 Å². The normalized spacial score (nSPS) is 20.1. The average molecular weight is 407 g/mol. The lowest BCUT2D eigenvalue weighted by molar-refractivity contribution is 0.103. The van der Waals surface area contributed by atoms with E-state index >= 15 is 0 Å². The van der Waals surface area contributed by atoms with E-state index in [2.05, 4.69) is 22.5 Å². The summed E-state index contributed by atoms with van der Waals surface area (Å²) in [5.41, 5.74) is 1.31. The van der Waals surface area contributed by atoms with Gasteiger partial charge in [0.05, 0.1) is 16.4 Å². The summed E-state index contributed by atoms with van der Waals surface area (Å²) in [6.45, 7) is 4.92. The molecule has 1 saturated heterocycles. The summed E-state index contributed by atoms with van der Waals surface area (Å²) >= 11 is 7.76. The zero-order chi connectivity index (χ0) is 19.1. The Morgan fingerprint density at radius 3 is 3.04 bits per heavy atom. The molecule has 0 aromatic carbocycles. The van der Waals surface area contributed by atoms with Gasteiger partial charge in [-0.1, -0.05) is 11.6 Å². The molecule has 2 N–H and O–H groups in total. The topological polar surface area (TPSA) is 58.4 Å². The Morgan fingerprint density at radius 2 is 2.26 bits per heavy atom. The zero-order valence-corrected chi connectivity index (χ0v) is 16.6. The van der Waals surface area contributed by atoms with Crippen LogP contribution in [0.15, 0.2) is 24.5 Å². The SMILES string of the molecule is Cc1cn2cc(NC(=O)c3sc(C4CCNC(C)C4)cc3Cl)cc(F)c2n1. The van der Waals surface area contributed by atoms with E-state index in [1.165, 1.54) is 17.4 Å². The summed E-state index contributed by atoms with van der Waals surface area (Å²) in [5.74, 6) is -0.399. The van der Waals surface area contributed by atoms with Crippen LogP contribution in [0.3, 0.4) is 0 Å². The van der Waals surface area contributed by atoms with Crippen molar-refractivity contribution in [3.8, 4) is 0 Å². The van der Waals surface area contributed by atoms with Crippen molar-refractivity contribution < 1.29 is 9.18 Å². The summed E-state index contributed by atoms with van der Waals surface area (Å²) in [4.78, 5) is 18.4. The standard InChI is InChI=1S/C19H20ClFN4OS/c1-10-5-12(3-4-22-10)16-7-14(20)17(27-16)19(26)24-13-6-15(21)18-23-11(2)8-25(18)9-13/h6-10,12,22H,3-5H2,1-2H3,(H,24,26). The van der Waals surface area contributed by atoms with Gasteiger partial charge in [-0.15, -0.1) is 11.3 Å². The predicted octanol–water partition coefficient (Wildman–Crippen LogP) is 4.60. The summed E-state index contributed by atoms with van der Waals surface area (Å²) in [5, 5.41) is 6.63. The van der Waals surface area contributed by atoms with Gasteiger partial charge < -0.3 is 15.0 Å². The van der Waals surface area contributed by atoms with Crippen LogP contribution in [0.25, 0.3) is 5.65 Å². The van der Waals surface area contributed by atoms with Gasteiger partial charge in [-0.2, -0.15) is 0 Å². The van der Waals surface area contributed by atoms with Gasteiger partial charge in [0.25, 0.3) is 5.91 Å². The Bertz CT molecular complexity index is 1010. The summed E-state index contributed by atoms with van der Waals surface area (Å²) in [7, 11) is 0. The van der Waals surface area contributed by atoms with E-state index < -0.39 is 5.82 Å². The molecule has 1 aliphatic rings. The molecular formula is C19H20ClFN4OS. The highest BCUT2D eigenvalue weighted by molar-refractivity contribution is 7.15. The molecule has 5 nitrogen and oxygen atoms in total. The van der Waals surface area contributed by atoms with Gasteiger partial charge in [0, 0.05) is 29.4 Å². The van der Waals surface area contributed by atoms with Gasteiger partial charge in [0.2, 0.25) is 0 Å². The fraction of sp³-hybridized carbons (Fsp3) is 0.368. The van der Waals surface area contributed by atoms with Crippen molar-refractivity contribution in [2.45, 2.75) is 38.6 Å². The molecule has 2 unspecified atom stereocenters. The van der Waals surface area contributed by atoms with Gasteiger partial charge in [-0.3, -0.25) is 4.79 Å². The first-order valence-corrected chi connectivity index (χ1v) is 10.1. The first-order chi connectivity index (χ1) is 12.9. The minimum Gasteiger partial charge on any atom is -0.320 e. The van der Waals surface area contributed by atoms with Gasteiger partial charge in [0.1, 0.15) is 4.88 Å². The Labute approximate surface area is 165 Å². The molecule has 27 heavy (non-hydrogen) atoms. The minimum atomic E-state index is -0.484. The van der Waals surface area contributed by atoms with Crippen molar-refractivity contribution in [2.75, 3.05) is 11.9 Å². The van der Waals surface area contributed by atoms with Crippen molar-refractivity contribution in [3.63, 3.8) is 0 Å². The number of nitrogens with zero attached hydrogens (tertiary/aromatic N) is 2. The third kappa shape index (κ3) is 3.72. The van der Waals surface area contributed by atoms with E-state index in [0.717, 1.165) is 24.3 Å². The second-order valence-electron chi connectivity index (χ2n) is 7.05. The number of hydrogen-bond donors (Lipinski definition) is 2. The van der Waals surface area contributed by atoms with Crippen LogP contribution in [0.1, 0.15) is 45.9 Å². The Kier molecular flexibility index (Phi) is 4.92. The fourth-order valence-corrected chi connectivity index (χ4v) is 5.05. The Morgan fingerprint density at radius 1 is 1.44 bits per heavy atom. The molecule has 8 heteroatoms. The van der Waals surface area contributed by atoms with Crippen molar-refractivity contribution in [1.82, 2.24) is 14.7 Å². The number of halogens is 2. The molecule has 2 atom stereocenters. The molecule has 4 rings (SSSR count). The molecule has 0 radical (unpaired) electrons. The predicted molar refractivity (Wildman–Crippen MR) is 107 cm³/mol. The van der Waals surface area contributed by atoms with E-state index in [1.54, 1.807) is 23.7 Å². The highest BCUT2D eigenvalue weighted by Gasteiger charge is 2.24. The van der Waals surface area contributed by atoms with Crippen LogP contribution in [0, 0.1) is 12.7 Å². The summed E-state index contributed by atoms with van der Waals surface area (Å²) in [6.07, 6.45) is 5.42. The number of fused-ring (bicyclic) bond motifs is 1. The molecule has 142 valence electrons. The highest BCUT2D eigenvalue weighted by atomic mass is 35.5. The van der Waals surface area contributed by atoms with E-state index in [0.29, 0.717) is 33.2 Å². The number of thiophene rings is 1. The van der Waals surface area contributed by atoms with E-state index in [4.69, 9.17) is 11.6 Å². The highest BCUT2D eigenvalue weighted by Crippen LogP contribution is 2.37. The summed E-state index contributed by atoms with van der Waals surface area (Å²) < 4.78 is 15.8. The molecule has 1 aliphatic heterocycles. The van der Waals surface area contributed by atoms with Crippen LogP contribution in [0.2, 0.25) is 5.02 Å². The molecule has 1 amide bonds. The molecule has 0 bridgehead atoms. The minimum absolute atomic E-state index is 0.238. The lowest BCUT2D eigenvalue weighted by Crippen LogP contribution is -2.34. The number of imidazole rings is 1. The maximum absolute atomic E-state index is 14.2. The van der Waals surface area contributed by atoms with Crippen molar-refractivity contribution in [2.24, 2.45) is 0 Å². The number of rotatable bonds is 3. The zero-order valence-electron chi connectivity index (χ0n) is 15.1. The smallest absolute Gasteiger partial charge is 0.267 e. The lowest BCUT2D eigenvalue weighted by Gasteiger charge is -2.27. The molecule has 0 aliphatic carbocycles. The number of hydrogen-bond acceptors (Lipinski definition) is 4. The first-order valence-electron chi connectivity index (χ1n) is 8.89. The van der Waals surface area contributed by atoms with Crippen LogP contribution in [-0.4, -0.2) is 27.9 Å². The molecule has 4 heterocycles. The van der Waals surface area contributed by atoms with E-state index in [-0.39, 0.29) is 11.6 Å². The van der Waals surface area contributed by atoms with Gasteiger partial charge in [-0.25, -0.2) is 9.37 Å². The monoisotopic (exact) mass is 406 g/mol. The third-order valence-electron chi connectivity index (χ3n) is 4.82. The molecule has 0 spiro atoms. The number of anilines is 1. The van der Waals surface area contributed by atoms with Crippen LogP contribution >= 0.6 is 22.9 Å². The fourth-order valence-electron chi connectivity index (χ4n) is 3.57. The number of nitrogens with one attached hydrogen (secondary N) is 2. The maximum Gasteiger partial charge on any atom is 0.267 e. The first kappa shape index (κ1) is 18.4. The number of aryl methyl sites for hydroxylation is 1. The van der Waals surface area contributed by atoms with Crippen molar-refractivity contribution in [3.05, 3.63) is 50.8 Å². The maximum atomic E-state index is 14.2. The molecule has 3 aromatic rings. The number of carbonyl (C=O) groups is 1. The van der Waals surface area contributed by atoms with Gasteiger partial charge >= 0.3 is 0 Å². The average Bonchev–Trinajstić information content (AvgIpc) is 3.17. The molecule has 0 saturated carbocycles. The van der Waals surface area contributed by atoms with Crippen molar-refractivity contribution in [1.29, 1.82) is 0 Å². The van der Waals surface area contributed by atoms with Crippen LogP contribution in [0.4, 0.5) is 10.1 Å². The third-order valence-corrected chi connectivity index (χ3v) is 6.53. The largest absolute Gasteiger partial charge is 0.320 e. The Hall–Kier alpha value is -1.96. The van der Waals surface area contributed by atoms with E-state index in [1.807, 2.05) is 6.07 Å². The van der Waals surface area contributed by atoms with Crippen LogP contribution in [-0.2, 0) is 0 Å². The summed E-state index contributed by atoms with van der Waals surface area (Å²) in [6, 6.07) is 3.62. The number of amides is 1. The van der Waals surface area contributed by atoms with Crippen LogP contribution in [0.5, 0.6) is 0 Å². The van der Waals surface area contributed by atoms with Crippen LogP contribution < -0.4 is 10.6 Å². The quantitative estimate of drug-likeness (QED) is 0.668. The number of piperidine rings is 1. The second-order valence-corrected chi connectivity index (χ2v) is 8.54. The molecule has 3 aromatic heterocycles. The number of aromatic nitrogens is 2.